The van der Waals surface area contributed by atoms with Crippen LogP contribution in [-0.2, 0) is 6.42 Å². The summed E-state index contributed by atoms with van der Waals surface area (Å²) in [7, 11) is 0. The fourth-order valence-electron chi connectivity index (χ4n) is 1.59. The molecule has 1 unspecified atom stereocenters. The topological polar surface area (TPSA) is 55.5 Å². The van der Waals surface area contributed by atoms with Gasteiger partial charge in [0.2, 0.25) is 0 Å². The van der Waals surface area contributed by atoms with E-state index in [0.29, 0.717) is 13.2 Å². The van der Waals surface area contributed by atoms with Crippen LogP contribution >= 0.6 is 15.9 Å². The molecular formula is C13H20BrNO2. The molecule has 0 radical (unpaired) electrons. The van der Waals surface area contributed by atoms with Gasteiger partial charge >= 0.3 is 0 Å². The van der Waals surface area contributed by atoms with Gasteiger partial charge in [-0.2, -0.15) is 0 Å². The molecule has 4 heteroatoms. The summed E-state index contributed by atoms with van der Waals surface area (Å²) in [5.41, 5.74) is 6.70. The lowest BCUT2D eigenvalue weighted by Gasteiger charge is -2.15. The molecule has 17 heavy (non-hydrogen) atoms. The molecule has 0 saturated heterocycles. The van der Waals surface area contributed by atoms with Gasteiger partial charge in [0.05, 0.1) is 6.61 Å². The number of aliphatic hydroxyl groups excluding tert-OH is 1. The van der Waals surface area contributed by atoms with Crippen LogP contribution < -0.4 is 10.5 Å². The molecule has 0 heterocycles. The Balaban J connectivity index is 2.82. The van der Waals surface area contributed by atoms with Crippen LogP contribution in [0.25, 0.3) is 0 Å². The van der Waals surface area contributed by atoms with Crippen LogP contribution in [0, 0.1) is 5.92 Å². The van der Waals surface area contributed by atoms with Gasteiger partial charge in [-0.1, -0.05) is 22.9 Å². The molecule has 0 fully saturated rings. The fourth-order valence-corrected chi connectivity index (χ4v) is 2.00. The van der Waals surface area contributed by atoms with E-state index in [9.17, 15) is 5.11 Å². The van der Waals surface area contributed by atoms with Gasteiger partial charge in [-0.05, 0) is 49.1 Å². The summed E-state index contributed by atoms with van der Waals surface area (Å²) >= 11 is 3.45. The minimum absolute atomic E-state index is 0.0910. The Labute approximate surface area is 111 Å². The maximum Gasteiger partial charge on any atom is 0.122 e. The van der Waals surface area contributed by atoms with Crippen LogP contribution in [0.4, 0.5) is 0 Å². The van der Waals surface area contributed by atoms with Gasteiger partial charge in [-0.15, -0.1) is 0 Å². The van der Waals surface area contributed by atoms with Crippen molar-refractivity contribution in [2.45, 2.75) is 19.8 Å². The Hall–Kier alpha value is -0.580. The number of ether oxygens (including phenoxy) is 1. The van der Waals surface area contributed by atoms with E-state index >= 15 is 0 Å². The lowest BCUT2D eigenvalue weighted by atomic mass is 9.99. The second-order valence-corrected chi connectivity index (χ2v) is 5.00. The summed E-state index contributed by atoms with van der Waals surface area (Å²) < 4.78 is 6.71. The molecule has 0 bridgehead atoms. The van der Waals surface area contributed by atoms with Crippen molar-refractivity contribution in [3.8, 4) is 5.75 Å². The number of halogens is 1. The standard InChI is InChI=1S/C13H20BrNO2/c1-2-5-17-13-4-3-12(14)7-11(13)6-10(8-15)9-16/h3-4,7,10,16H,2,5-6,8-9,15H2,1H3. The maximum atomic E-state index is 9.19. The van der Waals surface area contributed by atoms with Crippen molar-refractivity contribution in [2.24, 2.45) is 11.7 Å². The van der Waals surface area contributed by atoms with Crippen molar-refractivity contribution in [3.05, 3.63) is 28.2 Å². The van der Waals surface area contributed by atoms with Crippen molar-refractivity contribution < 1.29 is 9.84 Å². The number of benzene rings is 1. The molecule has 1 aromatic rings. The molecule has 0 aliphatic heterocycles. The molecule has 0 aliphatic rings. The Morgan fingerprint density at radius 1 is 1.47 bits per heavy atom. The highest BCUT2D eigenvalue weighted by Gasteiger charge is 2.11. The summed E-state index contributed by atoms with van der Waals surface area (Å²) in [6.45, 7) is 3.38. The van der Waals surface area contributed by atoms with Crippen LogP contribution in [0.5, 0.6) is 5.75 Å². The van der Waals surface area contributed by atoms with Crippen LogP contribution in [-0.4, -0.2) is 24.9 Å². The minimum atomic E-state index is 0.0910. The summed E-state index contributed by atoms with van der Waals surface area (Å²) in [5.74, 6) is 0.982. The third-order valence-corrected chi connectivity index (χ3v) is 3.08. The van der Waals surface area contributed by atoms with Crippen LogP contribution in [0.2, 0.25) is 0 Å². The van der Waals surface area contributed by atoms with Crippen LogP contribution in [0.15, 0.2) is 22.7 Å². The van der Waals surface area contributed by atoms with Crippen LogP contribution in [0.1, 0.15) is 18.9 Å². The molecule has 0 aromatic heterocycles. The Morgan fingerprint density at radius 3 is 2.82 bits per heavy atom. The molecular weight excluding hydrogens is 282 g/mol. The van der Waals surface area contributed by atoms with Crippen molar-refractivity contribution in [1.82, 2.24) is 0 Å². The zero-order valence-corrected chi connectivity index (χ0v) is 11.7. The van der Waals surface area contributed by atoms with E-state index in [0.717, 1.165) is 28.6 Å². The highest BCUT2D eigenvalue weighted by atomic mass is 79.9. The molecule has 1 atom stereocenters. The third-order valence-electron chi connectivity index (χ3n) is 2.58. The monoisotopic (exact) mass is 301 g/mol. The van der Waals surface area contributed by atoms with Crippen molar-refractivity contribution in [1.29, 1.82) is 0 Å². The third kappa shape index (κ3) is 4.66. The molecule has 0 aliphatic carbocycles. The molecule has 3 nitrogen and oxygen atoms in total. The summed E-state index contributed by atoms with van der Waals surface area (Å²) in [5, 5.41) is 9.19. The summed E-state index contributed by atoms with van der Waals surface area (Å²) in [6, 6.07) is 5.95. The molecule has 96 valence electrons. The Morgan fingerprint density at radius 2 is 2.24 bits per heavy atom. The van der Waals surface area contributed by atoms with Crippen molar-refractivity contribution in [3.63, 3.8) is 0 Å². The smallest absolute Gasteiger partial charge is 0.122 e. The largest absolute Gasteiger partial charge is 0.493 e. The van der Waals surface area contributed by atoms with Crippen molar-refractivity contribution in [2.75, 3.05) is 19.8 Å². The normalized spacial score (nSPS) is 12.5. The number of rotatable bonds is 7. The highest BCUT2D eigenvalue weighted by Crippen LogP contribution is 2.25. The predicted molar refractivity (Wildman–Crippen MR) is 73.3 cm³/mol. The van der Waals surface area contributed by atoms with Crippen LogP contribution in [0.3, 0.4) is 0 Å². The average Bonchev–Trinajstić information content (AvgIpc) is 2.35. The van der Waals surface area contributed by atoms with Gasteiger partial charge < -0.3 is 15.6 Å². The predicted octanol–water partition coefficient (Wildman–Crippen LogP) is 2.35. The number of nitrogens with two attached hydrogens (primary N) is 1. The van der Waals surface area contributed by atoms with Gasteiger partial charge in [-0.25, -0.2) is 0 Å². The number of hydrogen-bond donors (Lipinski definition) is 2. The first-order valence-electron chi connectivity index (χ1n) is 5.93. The first-order valence-corrected chi connectivity index (χ1v) is 6.72. The van der Waals surface area contributed by atoms with E-state index in [4.69, 9.17) is 10.5 Å². The van der Waals surface area contributed by atoms with Crippen molar-refractivity contribution >= 4 is 15.9 Å². The molecule has 0 saturated carbocycles. The van der Waals surface area contributed by atoms with Gasteiger partial charge in [0.1, 0.15) is 5.75 Å². The van der Waals surface area contributed by atoms with E-state index in [-0.39, 0.29) is 12.5 Å². The number of hydrogen-bond acceptors (Lipinski definition) is 3. The first kappa shape index (κ1) is 14.5. The van der Waals surface area contributed by atoms with E-state index in [1.807, 2.05) is 18.2 Å². The summed E-state index contributed by atoms with van der Waals surface area (Å²) in [6.07, 6.45) is 1.72. The molecule has 1 rings (SSSR count). The lowest BCUT2D eigenvalue weighted by Crippen LogP contribution is -2.20. The van der Waals surface area contributed by atoms with E-state index < -0.39 is 0 Å². The Bertz CT molecular complexity index is 340. The number of aliphatic hydroxyl groups is 1. The average molecular weight is 302 g/mol. The zero-order chi connectivity index (χ0) is 12.7. The lowest BCUT2D eigenvalue weighted by molar-refractivity contribution is 0.228. The Kier molecular flexibility index (Phi) is 6.55. The van der Waals surface area contributed by atoms with Gasteiger partial charge in [0, 0.05) is 11.1 Å². The molecule has 0 spiro atoms. The van der Waals surface area contributed by atoms with E-state index in [2.05, 4.69) is 22.9 Å². The maximum absolute atomic E-state index is 9.19. The first-order chi connectivity index (χ1) is 8.21. The molecule has 1 aromatic carbocycles. The van der Waals surface area contributed by atoms with Gasteiger partial charge in [0.15, 0.2) is 0 Å². The highest BCUT2D eigenvalue weighted by molar-refractivity contribution is 9.10. The van der Waals surface area contributed by atoms with Gasteiger partial charge in [-0.3, -0.25) is 0 Å². The molecule has 0 amide bonds. The SMILES string of the molecule is CCCOc1ccc(Br)cc1CC(CN)CO. The van der Waals surface area contributed by atoms with E-state index in [1.165, 1.54) is 0 Å². The van der Waals surface area contributed by atoms with Gasteiger partial charge in [0.25, 0.3) is 0 Å². The quantitative estimate of drug-likeness (QED) is 0.813. The minimum Gasteiger partial charge on any atom is -0.493 e. The second kappa shape index (κ2) is 7.69. The molecule has 3 N–H and O–H groups in total. The summed E-state index contributed by atoms with van der Waals surface area (Å²) in [4.78, 5) is 0. The fraction of sp³-hybridized carbons (Fsp3) is 0.538. The van der Waals surface area contributed by atoms with E-state index in [1.54, 1.807) is 0 Å². The second-order valence-electron chi connectivity index (χ2n) is 4.09. The zero-order valence-electron chi connectivity index (χ0n) is 10.2.